The van der Waals surface area contributed by atoms with Crippen molar-refractivity contribution in [2.75, 3.05) is 6.54 Å². The van der Waals surface area contributed by atoms with Crippen LogP contribution >= 0.6 is 0 Å². The Hall–Kier alpha value is -0.900. The van der Waals surface area contributed by atoms with Crippen molar-refractivity contribution in [2.24, 2.45) is 5.92 Å². The molecule has 1 aromatic heterocycles. The zero-order chi connectivity index (χ0) is 10.1. The van der Waals surface area contributed by atoms with Crippen LogP contribution in [0.5, 0.6) is 0 Å². The smallest absolute Gasteiger partial charge is 0.243 e. The summed E-state index contributed by atoms with van der Waals surface area (Å²) in [6, 6.07) is 0.305. The van der Waals surface area contributed by atoms with Crippen molar-refractivity contribution >= 4 is 0 Å². The van der Waals surface area contributed by atoms with E-state index in [1.165, 1.54) is 25.7 Å². The second-order valence-electron chi connectivity index (χ2n) is 4.70. The normalized spacial score (nSPS) is 26.8. The molecule has 3 rings (SSSR count). The fourth-order valence-electron chi connectivity index (χ4n) is 2.13. The molecule has 0 amide bonds. The number of hydrogen-bond acceptors (Lipinski definition) is 4. The summed E-state index contributed by atoms with van der Waals surface area (Å²) in [5.41, 5.74) is 0. The maximum atomic E-state index is 5.31. The third-order valence-electron chi connectivity index (χ3n) is 3.26. The zero-order valence-electron chi connectivity index (χ0n) is 8.91. The molecule has 4 heteroatoms. The Kier molecular flexibility index (Phi) is 2.44. The van der Waals surface area contributed by atoms with Crippen molar-refractivity contribution in [1.82, 2.24) is 15.5 Å². The number of piperidine rings is 1. The van der Waals surface area contributed by atoms with Crippen LogP contribution < -0.4 is 5.32 Å². The molecule has 1 N–H and O–H groups in total. The third kappa shape index (κ3) is 2.20. The summed E-state index contributed by atoms with van der Waals surface area (Å²) < 4.78 is 5.31. The van der Waals surface area contributed by atoms with Gasteiger partial charge in [0.25, 0.3) is 0 Å². The van der Waals surface area contributed by atoms with Gasteiger partial charge in [0.15, 0.2) is 5.82 Å². The van der Waals surface area contributed by atoms with Crippen LogP contribution in [0.4, 0.5) is 0 Å². The fourth-order valence-corrected chi connectivity index (χ4v) is 2.13. The molecule has 0 unspecified atom stereocenters. The van der Waals surface area contributed by atoms with Crippen molar-refractivity contribution in [3.63, 3.8) is 0 Å². The minimum Gasteiger partial charge on any atom is -0.338 e. The zero-order valence-corrected chi connectivity index (χ0v) is 8.91. The molecule has 0 radical (unpaired) electrons. The van der Waals surface area contributed by atoms with Crippen LogP contribution in [0.1, 0.15) is 49.9 Å². The molecular weight excluding hydrogens is 190 g/mol. The molecule has 82 valence electrons. The van der Waals surface area contributed by atoms with Gasteiger partial charge in [-0.25, -0.2) is 0 Å². The molecule has 1 atom stereocenters. The largest absolute Gasteiger partial charge is 0.338 e. The molecule has 0 spiro atoms. The molecule has 2 aliphatic rings. The van der Waals surface area contributed by atoms with Crippen LogP contribution in [0.3, 0.4) is 0 Å². The summed E-state index contributed by atoms with van der Waals surface area (Å²) in [6.45, 7) is 1.07. The van der Waals surface area contributed by atoms with Crippen molar-refractivity contribution < 1.29 is 4.52 Å². The Bertz CT molecular complexity index is 326. The maximum Gasteiger partial charge on any atom is 0.243 e. The summed E-state index contributed by atoms with van der Waals surface area (Å²) in [6.07, 6.45) is 7.34. The quantitative estimate of drug-likeness (QED) is 0.821. The molecule has 1 saturated heterocycles. The third-order valence-corrected chi connectivity index (χ3v) is 3.26. The average molecular weight is 207 g/mol. The van der Waals surface area contributed by atoms with E-state index in [1.54, 1.807) is 0 Å². The SMILES string of the molecule is C1CC[C@H](c2nc(CC3CC3)no2)NC1. The molecule has 2 heterocycles. The van der Waals surface area contributed by atoms with E-state index in [9.17, 15) is 0 Å². The first-order valence-corrected chi connectivity index (χ1v) is 5.97. The topological polar surface area (TPSA) is 51.0 Å². The molecule has 0 aromatic carbocycles. The Morgan fingerprint density at radius 1 is 1.27 bits per heavy atom. The van der Waals surface area contributed by atoms with E-state index in [0.29, 0.717) is 6.04 Å². The minimum absolute atomic E-state index is 0.305. The molecule has 1 aliphatic carbocycles. The summed E-state index contributed by atoms with van der Waals surface area (Å²) in [5, 5.41) is 7.47. The first-order valence-electron chi connectivity index (χ1n) is 5.97. The summed E-state index contributed by atoms with van der Waals surface area (Å²) >= 11 is 0. The monoisotopic (exact) mass is 207 g/mol. The van der Waals surface area contributed by atoms with E-state index >= 15 is 0 Å². The lowest BCUT2D eigenvalue weighted by atomic mass is 10.1. The maximum absolute atomic E-state index is 5.31. The second kappa shape index (κ2) is 3.93. The highest BCUT2D eigenvalue weighted by Gasteiger charge is 2.26. The van der Waals surface area contributed by atoms with Crippen LogP contribution in [-0.2, 0) is 6.42 Å². The van der Waals surface area contributed by atoms with Gasteiger partial charge in [-0.1, -0.05) is 11.6 Å². The van der Waals surface area contributed by atoms with Gasteiger partial charge in [-0.2, -0.15) is 4.98 Å². The Morgan fingerprint density at radius 2 is 2.20 bits per heavy atom. The Labute approximate surface area is 89.4 Å². The summed E-state index contributed by atoms with van der Waals surface area (Å²) in [7, 11) is 0. The number of rotatable bonds is 3. The van der Waals surface area contributed by atoms with E-state index in [-0.39, 0.29) is 0 Å². The lowest BCUT2D eigenvalue weighted by Gasteiger charge is -2.19. The number of nitrogens with zero attached hydrogens (tertiary/aromatic N) is 2. The van der Waals surface area contributed by atoms with Crippen molar-refractivity contribution in [3.05, 3.63) is 11.7 Å². The first-order chi connectivity index (χ1) is 7.42. The molecular formula is C11H17N3O. The highest BCUT2D eigenvalue weighted by atomic mass is 16.5. The van der Waals surface area contributed by atoms with Crippen LogP contribution in [0, 0.1) is 5.92 Å². The molecule has 4 nitrogen and oxygen atoms in total. The van der Waals surface area contributed by atoms with Gasteiger partial charge in [0.2, 0.25) is 5.89 Å². The lowest BCUT2D eigenvalue weighted by Crippen LogP contribution is -2.27. The molecule has 0 bridgehead atoms. The molecule has 1 aliphatic heterocycles. The van der Waals surface area contributed by atoms with Crippen LogP contribution in [-0.4, -0.2) is 16.7 Å². The van der Waals surface area contributed by atoms with Crippen LogP contribution in [0.25, 0.3) is 0 Å². The van der Waals surface area contributed by atoms with Gasteiger partial charge in [-0.3, -0.25) is 0 Å². The van der Waals surface area contributed by atoms with Crippen molar-refractivity contribution in [2.45, 2.75) is 44.6 Å². The highest BCUT2D eigenvalue weighted by molar-refractivity contribution is 4.96. The van der Waals surface area contributed by atoms with Gasteiger partial charge in [0.1, 0.15) is 0 Å². The average Bonchev–Trinajstić information content (AvgIpc) is 2.96. The fraction of sp³-hybridized carbons (Fsp3) is 0.818. The van der Waals surface area contributed by atoms with E-state index in [1.807, 2.05) is 0 Å². The van der Waals surface area contributed by atoms with Gasteiger partial charge in [0, 0.05) is 6.42 Å². The van der Waals surface area contributed by atoms with E-state index < -0.39 is 0 Å². The minimum atomic E-state index is 0.305. The van der Waals surface area contributed by atoms with Gasteiger partial charge in [0.05, 0.1) is 6.04 Å². The standard InChI is InChI=1S/C11H17N3O/c1-2-6-12-9(3-1)11-13-10(14-15-11)7-8-4-5-8/h8-9,12H,1-7H2/t9-/m1/s1. The highest BCUT2D eigenvalue weighted by Crippen LogP contribution is 2.32. The van der Waals surface area contributed by atoms with Crippen molar-refractivity contribution in [1.29, 1.82) is 0 Å². The van der Waals surface area contributed by atoms with Gasteiger partial charge in [-0.05, 0) is 38.1 Å². The van der Waals surface area contributed by atoms with E-state index in [0.717, 1.165) is 37.0 Å². The predicted molar refractivity (Wildman–Crippen MR) is 55.3 cm³/mol. The predicted octanol–water partition coefficient (Wildman–Crippen LogP) is 1.84. The van der Waals surface area contributed by atoms with Gasteiger partial charge >= 0.3 is 0 Å². The molecule has 2 fully saturated rings. The van der Waals surface area contributed by atoms with Crippen LogP contribution in [0.15, 0.2) is 4.52 Å². The number of aromatic nitrogens is 2. The summed E-state index contributed by atoms with van der Waals surface area (Å²) in [5.74, 6) is 2.53. The van der Waals surface area contributed by atoms with Crippen LogP contribution in [0.2, 0.25) is 0 Å². The number of hydrogen-bond donors (Lipinski definition) is 1. The second-order valence-corrected chi connectivity index (χ2v) is 4.70. The first kappa shape index (κ1) is 9.33. The van der Waals surface area contributed by atoms with E-state index in [2.05, 4.69) is 15.5 Å². The molecule has 1 saturated carbocycles. The van der Waals surface area contributed by atoms with Gasteiger partial charge < -0.3 is 9.84 Å². The molecule has 15 heavy (non-hydrogen) atoms. The molecule has 1 aromatic rings. The van der Waals surface area contributed by atoms with Crippen molar-refractivity contribution in [3.8, 4) is 0 Å². The summed E-state index contributed by atoms with van der Waals surface area (Å²) in [4.78, 5) is 4.47. The number of nitrogens with one attached hydrogen (secondary N) is 1. The van der Waals surface area contributed by atoms with Gasteiger partial charge in [-0.15, -0.1) is 0 Å². The Balaban J connectivity index is 1.65. The van der Waals surface area contributed by atoms with E-state index in [4.69, 9.17) is 4.52 Å². The Morgan fingerprint density at radius 3 is 2.93 bits per heavy atom. The lowest BCUT2D eigenvalue weighted by molar-refractivity contribution is 0.295.